The molecule has 3 N–H and O–H groups in total. The average Bonchev–Trinajstić information content (AvgIpc) is 2.46. The predicted octanol–water partition coefficient (Wildman–Crippen LogP) is 0.675. The summed E-state index contributed by atoms with van der Waals surface area (Å²) < 4.78 is 5.07. The standard InChI is InChI=1S/C16H22N2O4/c1-22-10-12-4-2-5-13(8-12)15(20)18-7-3-6-16(21,11-18)9-14(17)19/h2,4-5,8,21H,3,6-7,9-11H2,1H3,(H2,17,19). The zero-order chi connectivity index (χ0) is 16.2. The molecule has 22 heavy (non-hydrogen) atoms. The van der Waals surface area contributed by atoms with E-state index >= 15 is 0 Å². The summed E-state index contributed by atoms with van der Waals surface area (Å²) in [7, 11) is 1.60. The normalized spacial score (nSPS) is 21.6. The lowest BCUT2D eigenvalue weighted by atomic mass is 9.89. The molecule has 1 aromatic rings. The average molecular weight is 306 g/mol. The van der Waals surface area contributed by atoms with Crippen LogP contribution in [0, 0.1) is 0 Å². The van der Waals surface area contributed by atoms with Crippen LogP contribution in [0.5, 0.6) is 0 Å². The fourth-order valence-electron chi connectivity index (χ4n) is 2.90. The van der Waals surface area contributed by atoms with Crippen LogP contribution in [0.15, 0.2) is 24.3 Å². The number of piperidine rings is 1. The van der Waals surface area contributed by atoms with Crippen LogP contribution in [0.2, 0.25) is 0 Å². The lowest BCUT2D eigenvalue weighted by molar-refractivity contribution is -0.125. The molecule has 1 unspecified atom stereocenters. The van der Waals surface area contributed by atoms with E-state index in [2.05, 4.69) is 0 Å². The molecule has 1 fully saturated rings. The number of nitrogens with two attached hydrogens (primary N) is 1. The number of rotatable bonds is 5. The third-order valence-electron chi connectivity index (χ3n) is 3.83. The van der Waals surface area contributed by atoms with Gasteiger partial charge in [-0.2, -0.15) is 0 Å². The zero-order valence-electron chi connectivity index (χ0n) is 12.7. The molecular weight excluding hydrogens is 284 g/mol. The summed E-state index contributed by atoms with van der Waals surface area (Å²) in [4.78, 5) is 25.2. The highest BCUT2D eigenvalue weighted by molar-refractivity contribution is 5.94. The van der Waals surface area contributed by atoms with Crippen molar-refractivity contribution in [2.45, 2.75) is 31.5 Å². The highest BCUT2D eigenvalue weighted by Crippen LogP contribution is 2.25. The fourth-order valence-corrected chi connectivity index (χ4v) is 2.90. The van der Waals surface area contributed by atoms with Gasteiger partial charge in [0.05, 0.1) is 25.2 Å². The Kier molecular flexibility index (Phi) is 5.15. The number of methoxy groups -OCH3 is 1. The molecule has 0 aliphatic carbocycles. The highest BCUT2D eigenvalue weighted by Gasteiger charge is 2.36. The maximum atomic E-state index is 12.6. The van der Waals surface area contributed by atoms with Crippen LogP contribution in [0.4, 0.5) is 0 Å². The van der Waals surface area contributed by atoms with Gasteiger partial charge >= 0.3 is 0 Å². The van der Waals surface area contributed by atoms with Crippen molar-refractivity contribution in [3.63, 3.8) is 0 Å². The van der Waals surface area contributed by atoms with Crippen molar-refractivity contribution < 1.29 is 19.4 Å². The quantitative estimate of drug-likeness (QED) is 0.836. The molecular formula is C16H22N2O4. The molecule has 6 heteroatoms. The van der Waals surface area contributed by atoms with Gasteiger partial charge in [0.2, 0.25) is 5.91 Å². The SMILES string of the molecule is COCc1cccc(C(=O)N2CCCC(O)(CC(N)=O)C2)c1. The number of benzene rings is 1. The van der Waals surface area contributed by atoms with E-state index in [4.69, 9.17) is 10.5 Å². The van der Waals surface area contributed by atoms with E-state index < -0.39 is 11.5 Å². The van der Waals surface area contributed by atoms with Crippen LogP contribution in [0.25, 0.3) is 0 Å². The van der Waals surface area contributed by atoms with Crippen molar-refractivity contribution in [1.29, 1.82) is 0 Å². The lowest BCUT2D eigenvalue weighted by Crippen LogP contribution is -2.51. The van der Waals surface area contributed by atoms with Crippen molar-refractivity contribution in [2.75, 3.05) is 20.2 Å². The summed E-state index contributed by atoms with van der Waals surface area (Å²) in [6, 6.07) is 7.22. The molecule has 0 aromatic heterocycles. The maximum Gasteiger partial charge on any atom is 0.253 e. The second-order valence-electron chi connectivity index (χ2n) is 5.83. The molecule has 0 saturated carbocycles. The molecule has 0 radical (unpaired) electrons. The number of aliphatic hydroxyl groups is 1. The van der Waals surface area contributed by atoms with Crippen LogP contribution < -0.4 is 5.73 Å². The van der Waals surface area contributed by atoms with E-state index in [1.807, 2.05) is 6.07 Å². The van der Waals surface area contributed by atoms with E-state index in [0.29, 0.717) is 31.6 Å². The molecule has 120 valence electrons. The summed E-state index contributed by atoms with van der Waals surface area (Å²) in [5.41, 5.74) is 5.43. The lowest BCUT2D eigenvalue weighted by Gasteiger charge is -2.38. The number of nitrogens with zero attached hydrogens (tertiary/aromatic N) is 1. The van der Waals surface area contributed by atoms with E-state index in [0.717, 1.165) is 5.56 Å². The Morgan fingerprint density at radius 3 is 2.91 bits per heavy atom. The topological polar surface area (TPSA) is 92.9 Å². The van der Waals surface area contributed by atoms with E-state index in [1.54, 1.807) is 30.2 Å². The van der Waals surface area contributed by atoms with Gasteiger partial charge in [0.25, 0.3) is 5.91 Å². The van der Waals surface area contributed by atoms with E-state index in [9.17, 15) is 14.7 Å². The Bertz CT molecular complexity index is 561. The Balaban J connectivity index is 2.11. The molecule has 1 aromatic carbocycles. The first-order chi connectivity index (χ1) is 10.4. The third kappa shape index (κ3) is 4.05. The maximum absolute atomic E-state index is 12.6. The minimum absolute atomic E-state index is 0.125. The van der Waals surface area contributed by atoms with Gasteiger partial charge < -0.3 is 20.5 Å². The molecule has 2 amide bonds. The second kappa shape index (κ2) is 6.89. The molecule has 2 rings (SSSR count). The van der Waals surface area contributed by atoms with Gasteiger partial charge in [-0.15, -0.1) is 0 Å². The Hall–Kier alpha value is -1.92. The number of hydrogen-bond acceptors (Lipinski definition) is 4. The molecule has 1 heterocycles. The molecule has 1 aliphatic rings. The van der Waals surface area contributed by atoms with Crippen molar-refractivity contribution in [3.8, 4) is 0 Å². The number of primary amides is 1. The first-order valence-electron chi connectivity index (χ1n) is 7.31. The van der Waals surface area contributed by atoms with Crippen molar-refractivity contribution in [1.82, 2.24) is 4.90 Å². The summed E-state index contributed by atoms with van der Waals surface area (Å²) in [6.45, 7) is 1.13. The molecule has 1 saturated heterocycles. The van der Waals surface area contributed by atoms with Gasteiger partial charge in [-0.05, 0) is 30.5 Å². The summed E-state index contributed by atoms with van der Waals surface area (Å²) in [6.07, 6.45) is 0.997. The predicted molar refractivity (Wildman–Crippen MR) is 81.1 cm³/mol. The molecule has 0 bridgehead atoms. The van der Waals surface area contributed by atoms with Gasteiger partial charge in [0, 0.05) is 19.2 Å². The third-order valence-corrected chi connectivity index (χ3v) is 3.83. The van der Waals surface area contributed by atoms with Crippen molar-refractivity contribution >= 4 is 11.8 Å². The summed E-state index contributed by atoms with van der Waals surface area (Å²) in [5, 5.41) is 10.4. The van der Waals surface area contributed by atoms with Crippen LogP contribution in [-0.2, 0) is 16.1 Å². The van der Waals surface area contributed by atoms with Gasteiger partial charge in [0.15, 0.2) is 0 Å². The van der Waals surface area contributed by atoms with Gasteiger partial charge in [0.1, 0.15) is 0 Å². The van der Waals surface area contributed by atoms with Gasteiger partial charge in [-0.1, -0.05) is 12.1 Å². The Morgan fingerprint density at radius 2 is 2.23 bits per heavy atom. The largest absolute Gasteiger partial charge is 0.388 e. The van der Waals surface area contributed by atoms with E-state index in [1.165, 1.54) is 0 Å². The van der Waals surface area contributed by atoms with Crippen molar-refractivity contribution in [3.05, 3.63) is 35.4 Å². The number of hydrogen-bond donors (Lipinski definition) is 2. The monoisotopic (exact) mass is 306 g/mol. The number of carbonyl (C=O) groups is 2. The summed E-state index contributed by atoms with van der Waals surface area (Å²) >= 11 is 0. The Labute approximate surface area is 129 Å². The number of carbonyl (C=O) groups excluding carboxylic acids is 2. The number of β-amino-alcohol motifs (C(OH)–C–C–N with tert-alkyl or cyclic N) is 1. The van der Waals surface area contributed by atoms with Crippen molar-refractivity contribution in [2.24, 2.45) is 5.73 Å². The molecule has 1 atom stereocenters. The van der Waals surface area contributed by atoms with Gasteiger partial charge in [-0.25, -0.2) is 0 Å². The number of amides is 2. The van der Waals surface area contributed by atoms with Crippen LogP contribution >= 0.6 is 0 Å². The van der Waals surface area contributed by atoms with Gasteiger partial charge in [-0.3, -0.25) is 9.59 Å². The van der Waals surface area contributed by atoms with Crippen LogP contribution in [0.1, 0.15) is 35.2 Å². The molecule has 6 nitrogen and oxygen atoms in total. The minimum Gasteiger partial charge on any atom is -0.388 e. The smallest absolute Gasteiger partial charge is 0.253 e. The number of ether oxygens (including phenoxy) is 1. The Morgan fingerprint density at radius 1 is 1.45 bits per heavy atom. The fraction of sp³-hybridized carbons (Fsp3) is 0.500. The van der Waals surface area contributed by atoms with Crippen LogP contribution in [0.3, 0.4) is 0 Å². The molecule has 0 spiro atoms. The number of likely N-dealkylation sites (tertiary alicyclic amines) is 1. The highest BCUT2D eigenvalue weighted by atomic mass is 16.5. The first-order valence-corrected chi connectivity index (χ1v) is 7.31. The van der Waals surface area contributed by atoms with E-state index in [-0.39, 0.29) is 18.9 Å². The first kappa shape index (κ1) is 16.5. The minimum atomic E-state index is -1.22. The zero-order valence-corrected chi connectivity index (χ0v) is 12.7. The molecule has 1 aliphatic heterocycles. The second-order valence-corrected chi connectivity index (χ2v) is 5.83. The van der Waals surface area contributed by atoms with Crippen LogP contribution in [-0.4, -0.2) is 47.6 Å². The summed E-state index contributed by atoms with van der Waals surface area (Å²) in [5.74, 6) is -0.709.